The first-order chi connectivity index (χ1) is 12.3. The molecule has 1 aliphatic rings. The van der Waals surface area contributed by atoms with E-state index in [0.29, 0.717) is 6.61 Å². The number of likely N-dealkylation sites (N-methyl/N-ethyl adjacent to an activating group) is 1. The van der Waals surface area contributed by atoms with Gasteiger partial charge in [-0.15, -0.1) is 0 Å². The summed E-state index contributed by atoms with van der Waals surface area (Å²) in [6.45, 7) is 3.82. The molecule has 0 fully saturated rings. The van der Waals surface area contributed by atoms with E-state index in [2.05, 4.69) is 79.9 Å². The van der Waals surface area contributed by atoms with E-state index >= 15 is 0 Å². The Morgan fingerprint density at radius 3 is 2.42 bits per heavy atom. The molecule has 0 saturated heterocycles. The molecule has 1 heterocycles. The normalized spacial score (nSPS) is 14.5. The van der Waals surface area contributed by atoms with Crippen molar-refractivity contribution in [3.8, 4) is 11.5 Å². The average molecular weight is 484 g/mol. The summed E-state index contributed by atoms with van der Waals surface area (Å²) in [4.78, 5) is 4.28. The summed E-state index contributed by atoms with van der Waals surface area (Å²) >= 11 is 7.51. The molecular formula is C20H24Br2N2O2. The number of rotatable bonds is 4. The Hall–Kier alpha value is -1.40. The van der Waals surface area contributed by atoms with E-state index in [9.17, 15) is 0 Å². The Morgan fingerprint density at radius 1 is 1.12 bits per heavy atom. The van der Waals surface area contributed by atoms with Crippen molar-refractivity contribution in [2.75, 3.05) is 51.2 Å². The lowest BCUT2D eigenvalue weighted by Gasteiger charge is -2.29. The first-order valence-corrected chi connectivity index (χ1v) is 10.1. The molecule has 2 aromatic carbocycles. The highest BCUT2D eigenvalue weighted by molar-refractivity contribution is 9.10. The summed E-state index contributed by atoms with van der Waals surface area (Å²) in [5.41, 5.74) is 4.54. The predicted octanol–water partition coefficient (Wildman–Crippen LogP) is 5.27. The number of halogens is 2. The smallest absolute Gasteiger partial charge is 0.143 e. The van der Waals surface area contributed by atoms with Crippen LogP contribution in [0.4, 0.5) is 11.4 Å². The van der Waals surface area contributed by atoms with Gasteiger partial charge in [-0.3, -0.25) is 0 Å². The van der Waals surface area contributed by atoms with Crippen molar-refractivity contribution in [3.63, 3.8) is 0 Å². The third kappa shape index (κ3) is 3.54. The van der Waals surface area contributed by atoms with Gasteiger partial charge >= 0.3 is 0 Å². The molecule has 2 aromatic rings. The van der Waals surface area contributed by atoms with Gasteiger partial charge in [0.05, 0.1) is 25.0 Å². The fourth-order valence-electron chi connectivity index (χ4n) is 3.29. The highest BCUT2D eigenvalue weighted by Crippen LogP contribution is 2.43. The third-order valence-corrected chi connectivity index (χ3v) is 6.26. The molecule has 1 atom stereocenters. The van der Waals surface area contributed by atoms with Crippen LogP contribution in [0.15, 0.2) is 33.2 Å². The second-order valence-electron chi connectivity index (χ2n) is 6.77. The van der Waals surface area contributed by atoms with Crippen LogP contribution in [-0.4, -0.2) is 41.4 Å². The van der Waals surface area contributed by atoms with Crippen LogP contribution in [0, 0.1) is 0 Å². The largest absolute Gasteiger partial charge is 0.495 e. The Balaban J connectivity index is 2.06. The lowest BCUT2D eigenvalue weighted by molar-refractivity contribution is 0.311. The topological polar surface area (TPSA) is 24.9 Å². The highest BCUT2D eigenvalue weighted by atomic mass is 79.9. The van der Waals surface area contributed by atoms with E-state index in [0.717, 1.165) is 38.4 Å². The van der Waals surface area contributed by atoms with Gasteiger partial charge in [0, 0.05) is 36.0 Å². The van der Waals surface area contributed by atoms with Gasteiger partial charge in [-0.25, -0.2) is 0 Å². The van der Waals surface area contributed by atoms with Crippen LogP contribution in [0.25, 0.3) is 0 Å². The van der Waals surface area contributed by atoms with Crippen molar-refractivity contribution in [3.05, 3.63) is 44.3 Å². The van der Waals surface area contributed by atoms with Crippen molar-refractivity contribution in [1.29, 1.82) is 0 Å². The van der Waals surface area contributed by atoms with Crippen LogP contribution in [0.3, 0.4) is 0 Å². The molecule has 1 unspecified atom stereocenters. The number of anilines is 2. The molecular weight excluding hydrogens is 460 g/mol. The molecule has 6 heteroatoms. The van der Waals surface area contributed by atoms with Crippen molar-refractivity contribution in [2.24, 2.45) is 0 Å². The van der Waals surface area contributed by atoms with Crippen LogP contribution in [0.1, 0.15) is 24.0 Å². The quantitative estimate of drug-likeness (QED) is 0.591. The fourth-order valence-corrected chi connectivity index (χ4v) is 4.64. The lowest BCUT2D eigenvalue weighted by atomic mass is 9.92. The van der Waals surface area contributed by atoms with Gasteiger partial charge in [0.15, 0.2) is 0 Å². The molecule has 0 bridgehead atoms. The molecule has 0 N–H and O–H groups in total. The van der Waals surface area contributed by atoms with Crippen LogP contribution in [0.5, 0.6) is 11.5 Å². The molecule has 0 aromatic heterocycles. The van der Waals surface area contributed by atoms with Gasteiger partial charge in [0.1, 0.15) is 18.1 Å². The van der Waals surface area contributed by atoms with E-state index in [1.54, 1.807) is 7.11 Å². The lowest BCUT2D eigenvalue weighted by Crippen LogP contribution is -2.28. The standard InChI is InChI=1S/C20H24Br2N2O2/c1-12(13-8-19(25-5)17(23(2)3)10-15(13)21)14-9-20-18(11-16(14)22)24(4)6-7-26-20/h8-12H,6-7H2,1-5H3. The Kier molecular flexibility index (Phi) is 5.72. The maximum Gasteiger partial charge on any atom is 0.143 e. The monoisotopic (exact) mass is 482 g/mol. The molecule has 0 amide bonds. The molecule has 3 rings (SSSR count). The summed E-state index contributed by atoms with van der Waals surface area (Å²) in [5.74, 6) is 1.98. The summed E-state index contributed by atoms with van der Waals surface area (Å²) in [6.07, 6.45) is 0. The van der Waals surface area contributed by atoms with Crippen molar-refractivity contribution in [1.82, 2.24) is 0 Å². The van der Waals surface area contributed by atoms with Crippen molar-refractivity contribution in [2.45, 2.75) is 12.8 Å². The molecule has 26 heavy (non-hydrogen) atoms. The Labute approximate surface area is 172 Å². The summed E-state index contributed by atoms with van der Waals surface area (Å²) in [7, 11) is 7.84. The molecule has 140 valence electrons. The molecule has 1 aliphatic heterocycles. The zero-order valence-corrected chi connectivity index (χ0v) is 18.9. The number of ether oxygens (including phenoxy) is 2. The van der Waals surface area contributed by atoms with Gasteiger partial charge in [-0.2, -0.15) is 0 Å². The maximum absolute atomic E-state index is 5.90. The SMILES string of the molecule is COc1cc(C(C)c2cc3c(cc2Br)N(C)CCO3)c(Br)cc1N(C)C. The molecule has 4 nitrogen and oxygen atoms in total. The van der Waals surface area contributed by atoms with Crippen LogP contribution in [-0.2, 0) is 0 Å². The van der Waals surface area contributed by atoms with E-state index in [-0.39, 0.29) is 5.92 Å². The van der Waals surface area contributed by atoms with Gasteiger partial charge in [-0.05, 0) is 35.4 Å². The van der Waals surface area contributed by atoms with Crippen molar-refractivity contribution < 1.29 is 9.47 Å². The van der Waals surface area contributed by atoms with Crippen LogP contribution >= 0.6 is 31.9 Å². The molecule has 0 aliphatic carbocycles. The second kappa shape index (κ2) is 7.69. The fraction of sp³-hybridized carbons (Fsp3) is 0.400. The number of hydrogen-bond donors (Lipinski definition) is 0. The number of hydrogen-bond acceptors (Lipinski definition) is 4. The number of fused-ring (bicyclic) bond motifs is 1. The summed E-state index contributed by atoms with van der Waals surface area (Å²) in [5, 5.41) is 0. The number of methoxy groups -OCH3 is 1. The molecule has 0 spiro atoms. The number of nitrogens with zero attached hydrogens (tertiary/aromatic N) is 2. The minimum atomic E-state index is 0.171. The Morgan fingerprint density at radius 2 is 1.77 bits per heavy atom. The summed E-state index contributed by atoms with van der Waals surface area (Å²) in [6, 6.07) is 8.53. The average Bonchev–Trinajstić information content (AvgIpc) is 2.61. The van der Waals surface area contributed by atoms with Crippen LogP contribution < -0.4 is 19.3 Å². The molecule has 0 radical (unpaired) electrons. The minimum absolute atomic E-state index is 0.171. The van der Waals surface area contributed by atoms with Gasteiger partial charge in [-0.1, -0.05) is 38.8 Å². The predicted molar refractivity (Wildman–Crippen MR) is 115 cm³/mol. The number of benzene rings is 2. The Bertz CT molecular complexity index is 778. The van der Waals surface area contributed by atoms with E-state index in [1.807, 2.05) is 14.1 Å². The van der Waals surface area contributed by atoms with Gasteiger partial charge in [0.2, 0.25) is 0 Å². The highest BCUT2D eigenvalue weighted by Gasteiger charge is 2.23. The first kappa shape index (κ1) is 19.4. The maximum atomic E-state index is 5.90. The van der Waals surface area contributed by atoms with Crippen molar-refractivity contribution >= 4 is 43.2 Å². The zero-order chi connectivity index (χ0) is 19.0. The first-order valence-electron chi connectivity index (χ1n) is 8.55. The zero-order valence-electron chi connectivity index (χ0n) is 15.8. The minimum Gasteiger partial charge on any atom is -0.495 e. The molecule has 0 saturated carbocycles. The van der Waals surface area contributed by atoms with Gasteiger partial charge < -0.3 is 19.3 Å². The van der Waals surface area contributed by atoms with E-state index in [1.165, 1.54) is 11.1 Å². The third-order valence-electron chi connectivity index (χ3n) is 4.89. The van der Waals surface area contributed by atoms with Gasteiger partial charge in [0.25, 0.3) is 0 Å². The summed E-state index contributed by atoms with van der Waals surface area (Å²) < 4.78 is 13.7. The van der Waals surface area contributed by atoms with Crippen LogP contribution in [0.2, 0.25) is 0 Å². The second-order valence-corrected chi connectivity index (χ2v) is 8.48. The van der Waals surface area contributed by atoms with E-state index in [4.69, 9.17) is 9.47 Å². The van der Waals surface area contributed by atoms with E-state index < -0.39 is 0 Å².